The van der Waals surface area contributed by atoms with Crippen molar-refractivity contribution in [2.45, 2.75) is 57.4 Å². The molecular formula is C26H31FN2O3S. The zero-order chi connectivity index (χ0) is 24.1. The fourth-order valence-corrected chi connectivity index (χ4v) is 6.73. The third-order valence-corrected chi connectivity index (χ3v) is 8.48. The maximum Gasteiger partial charge on any atom is 0.212 e. The summed E-state index contributed by atoms with van der Waals surface area (Å²) in [5, 5.41) is 0.0852. The highest BCUT2D eigenvalue weighted by atomic mass is 32.2. The Hall–Kier alpha value is -2.67. The van der Waals surface area contributed by atoms with Gasteiger partial charge in [-0.3, -0.25) is 4.79 Å². The van der Waals surface area contributed by atoms with Crippen molar-refractivity contribution in [2.24, 2.45) is 11.8 Å². The van der Waals surface area contributed by atoms with Gasteiger partial charge in [-0.25, -0.2) is 12.8 Å². The number of nitrogens with zero attached hydrogens (tertiary/aromatic N) is 2. The average Bonchev–Trinajstić information content (AvgIpc) is 2.72. The lowest BCUT2D eigenvalue weighted by Gasteiger charge is -2.37. The lowest BCUT2D eigenvalue weighted by Crippen LogP contribution is -2.39. The quantitative estimate of drug-likeness (QED) is 0.533. The summed E-state index contributed by atoms with van der Waals surface area (Å²) in [4.78, 5) is 15.2. The third kappa shape index (κ3) is 4.19. The third-order valence-electron chi connectivity index (χ3n) is 6.58. The van der Waals surface area contributed by atoms with Crippen molar-refractivity contribution in [3.63, 3.8) is 0 Å². The van der Waals surface area contributed by atoms with E-state index in [1.54, 1.807) is 29.7 Å². The molecule has 0 bridgehead atoms. The molecule has 2 atom stereocenters. The summed E-state index contributed by atoms with van der Waals surface area (Å²) in [6.07, 6.45) is 2.51. The molecule has 7 heteroatoms. The summed E-state index contributed by atoms with van der Waals surface area (Å²) in [7, 11) is -4.07. The van der Waals surface area contributed by atoms with Gasteiger partial charge < -0.3 is 9.47 Å². The Kier molecular flexibility index (Phi) is 6.12. The SMILES string of the molecule is CCn1cc(S(=O)(=O)c2ccc(C)cc2C)c(=O)c2cc(F)c(N3CC(C)CC(C)C3)cc21. The number of halogens is 1. The molecule has 0 aliphatic carbocycles. The minimum atomic E-state index is -4.07. The molecular weight excluding hydrogens is 439 g/mol. The molecule has 33 heavy (non-hydrogen) atoms. The van der Waals surface area contributed by atoms with Gasteiger partial charge in [0.15, 0.2) is 0 Å². The molecule has 5 nitrogen and oxygen atoms in total. The molecule has 1 aliphatic heterocycles. The number of aryl methyl sites for hydroxylation is 3. The van der Waals surface area contributed by atoms with E-state index in [2.05, 4.69) is 13.8 Å². The van der Waals surface area contributed by atoms with Crippen molar-refractivity contribution in [3.05, 3.63) is 63.7 Å². The fourth-order valence-electron chi connectivity index (χ4n) is 5.15. The van der Waals surface area contributed by atoms with Gasteiger partial charge in [-0.05, 0) is 62.8 Å². The number of hydrogen-bond donors (Lipinski definition) is 0. The summed E-state index contributed by atoms with van der Waals surface area (Å²) in [6.45, 7) is 11.8. The van der Waals surface area contributed by atoms with E-state index in [0.29, 0.717) is 35.1 Å². The summed E-state index contributed by atoms with van der Waals surface area (Å²) < 4.78 is 43.9. The fraction of sp³-hybridized carbons (Fsp3) is 0.423. The number of piperidine rings is 1. The minimum Gasteiger partial charge on any atom is -0.369 e. The second-order valence-electron chi connectivity index (χ2n) is 9.55. The first-order valence-electron chi connectivity index (χ1n) is 11.5. The molecule has 1 saturated heterocycles. The summed E-state index contributed by atoms with van der Waals surface area (Å²) in [5.74, 6) is 0.398. The van der Waals surface area contributed by atoms with Gasteiger partial charge in [-0.1, -0.05) is 31.5 Å². The Morgan fingerprint density at radius 2 is 1.70 bits per heavy atom. The van der Waals surface area contributed by atoms with E-state index in [1.165, 1.54) is 18.3 Å². The van der Waals surface area contributed by atoms with Crippen molar-refractivity contribution in [1.82, 2.24) is 4.57 Å². The van der Waals surface area contributed by atoms with Gasteiger partial charge in [0.2, 0.25) is 15.3 Å². The topological polar surface area (TPSA) is 59.4 Å². The van der Waals surface area contributed by atoms with Crippen LogP contribution in [0.15, 0.2) is 51.1 Å². The first-order valence-corrected chi connectivity index (χ1v) is 12.9. The van der Waals surface area contributed by atoms with E-state index < -0.39 is 21.1 Å². The van der Waals surface area contributed by atoms with Crippen molar-refractivity contribution < 1.29 is 12.8 Å². The van der Waals surface area contributed by atoms with Crippen LogP contribution in [0.25, 0.3) is 10.9 Å². The number of pyridine rings is 1. The Morgan fingerprint density at radius 1 is 1.03 bits per heavy atom. The van der Waals surface area contributed by atoms with Crippen LogP contribution in [0, 0.1) is 31.5 Å². The van der Waals surface area contributed by atoms with E-state index in [0.717, 1.165) is 25.1 Å². The Balaban J connectivity index is 1.92. The summed E-state index contributed by atoms with van der Waals surface area (Å²) >= 11 is 0. The Labute approximate surface area is 194 Å². The predicted octanol–water partition coefficient (Wildman–Crippen LogP) is 5.09. The van der Waals surface area contributed by atoms with Crippen molar-refractivity contribution in [3.8, 4) is 0 Å². The molecule has 0 amide bonds. The molecule has 3 aromatic rings. The second-order valence-corrected chi connectivity index (χ2v) is 11.4. The van der Waals surface area contributed by atoms with Crippen LogP contribution in [-0.2, 0) is 16.4 Å². The van der Waals surface area contributed by atoms with Crippen molar-refractivity contribution in [1.29, 1.82) is 0 Å². The smallest absolute Gasteiger partial charge is 0.212 e. The normalized spacial score (nSPS) is 19.3. The van der Waals surface area contributed by atoms with Crippen molar-refractivity contribution in [2.75, 3.05) is 18.0 Å². The van der Waals surface area contributed by atoms with E-state index in [4.69, 9.17) is 0 Å². The van der Waals surface area contributed by atoms with Crippen LogP contribution in [0.5, 0.6) is 0 Å². The highest BCUT2D eigenvalue weighted by Gasteiger charge is 2.28. The van der Waals surface area contributed by atoms with Crippen LogP contribution in [0.3, 0.4) is 0 Å². The van der Waals surface area contributed by atoms with Crippen LogP contribution < -0.4 is 10.3 Å². The number of benzene rings is 2. The zero-order valence-corrected chi connectivity index (χ0v) is 20.7. The molecule has 2 aromatic carbocycles. The van der Waals surface area contributed by atoms with Crippen LogP contribution in [0.2, 0.25) is 0 Å². The number of rotatable bonds is 4. The zero-order valence-electron chi connectivity index (χ0n) is 19.9. The molecule has 0 N–H and O–H groups in total. The van der Waals surface area contributed by atoms with E-state index in [9.17, 15) is 13.2 Å². The standard InChI is InChI=1S/C26H31FN2O3S/c1-6-28-15-25(33(31,32)24-8-7-16(2)10-19(24)5)26(30)20-11-21(27)23(12-22(20)28)29-13-17(3)9-18(4)14-29/h7-8,10-12,15,17-18H,6,9,13-14H2,1-5H3. The lowest BCUT2D eigenvalue weighted by molar-refractivity contribution is 0.354. The first kappa shape index (κ1) is 23.5. The van der Waals surface area contributed by atoms with Gasteiger partial charge in [-0.2, -0.15) is 0 Å². The van der Waals surface area contributed by atoms with E-state index in [-0.39, 0.29) is 15.2 Å². The average molecular weight is 471 g/mol. The molecule has 2 unspecified atom stereocenters. The summed E-state index contributed by atoms with van der Waals surface area (Å²) in [5.41, 5.74) is 1.86. The van der Waals surface area contributed by atoms with Gasteiger partial charge in [0.05, 0.1) is 21.5 Å². The van der Waals surface area contributed by atoms with Gasteiger partial charge in [0.1, 0.15) is 10.7 Å². The number of fused-ring (bicyclic) bond motifs is 1. The van der Waals surface area contributed by atoms with Gasteiger partial charge in [0.25, 0.3) is 0 Å². The van der Waals surface area contributed by atoms with Crippen LogP contribution in [0.1, 0.15) is 38.3 Å². The Bertz CT molecular complexity index is 1380. The van der Waals surface area contributed by atoms with Crippen molar-refractivity contribution >= 4 is 26.4 Å². The summed E-state index contributed by atoms with van der Waals surface area (Å²) in [6, 6.07) is 7.94. The molecule has 0 spiro atoms. The van der Waals surface area contributed by atoms with E-state index >= 15 is 4.39 Å². The Morgan fingerprint density at radius 3 is 2.30 bits per heavy atom. The molecule has 0 saturated carbocycles. The highest BCUT2D eigenvalue weighted by Crippen LogP contribution is 2.32. The minimum absolute atomic E-state index is 0.0852. The second kappa shape index (κ2) is 8.60. The van der Waals surface area contributed by atoms with Gasteiger partial charge in [-0.15, -0.1) is 0 Å². The molecule has 0 radical (unpaired) electrons. The number of sulfone groups is 1. The first-order chi connectivity index (χ1) is 15.5. The molecule has 1 aliphatic rings. The van der Waals surface area contributed by atoms with Crippen LogP contribution in [0.4, 0.5) is 10.1 Å². The van der Waals surface area contributed by atoms with E-state index in [1.807, 2.05) is 18.7 Å². The molecule has 2 heterocycles. The van der Waals surface area contributed by atoms with Crippen LogP contribution in [-0.4, -0.2) is 26.1 Å². The number of anilines is 1. The largest absolute Gasteiger partial charge is 0.369 e. The number of hydrogen-bond acceptors (Lipinski definition) is 4. The highest BCUT2D eigenvalue weighted by molar-refractivity contribution is 7.91. The molecule has 176 valence electrons. The molecule has 4 rings (SSSR count). The maximum absolute atomic E-state index is 15.3. The lowest BCUT2D eigenvalue weighted by atomic mass is 9.91. The maximum atomic E-state index is 15.3. The predicted molar refractivity (Wildman–Crippen MR) is 130 cm³/mol. The van der Waals surface area contributed by atoms with Crippen LogP contribution >= 0.6 is 0 Å². The van der Waals surface area contributed by atoms with Gasteiger partial charge in [0, 0.05) is 25.8 Å². The number of aromatic nitrogens is 1. The van der Waals surface area contributed by atoms with Gasteiger partial charge >= 0.3 is 0 Å². The molecule has 1 aromatic heterocycles. The molecule has 1 fully saturated rings. The monoisotopic (exact) mass is 470 g/mol.